The van der Waals surface area contributed by atoms with Gasteiger partial charge in [0.1, 0.15) is 5.75 Å². The summed E-state index contributed by atoms with van der Waals surface area (Å²) in [5.41, 5.74) is 5.77. The number of rotatable bonds is 5. The van der Waals surface area contributed by atoms with E-state index in [1.54, 1.807) is 7.11 Å². The maximum atomic E-state index is 5.73. The van der Waals surface area contributed by atoms with E-state index in [9.17, 15) is 0 Å². The van der Waals surface area contributed by atoms with E-state index in [0.29, 0.717) is 0 Å². The maximum Gasteiger partial charge on any atom is 0.144 e. The standard InChI is InChI=1S/C27H33N5O/c1-5-31-10-12-32(13-11-31)17-21-20-8-6-7-9-22(20)30-27(21)25-16-26(33-4)24(29-25)15-23-18(2)14-19(3)28-23/h6-9,14-16,28-29H,5,10-13,17H2,1-4H3/b24-15-,27-25?. The molecular weight excluding hydrogens is 410 g/mol. The summed E-state index contributed by atoms with van der Waals surface area (Å²) in [6.07, 6.45) is 2.12. The Hall–Kier alpha value is -3.09. The Kier molecular flexibility index (Phi) is 5.96. The molecule has 1 saturated heterocycles. The third kappa shape index (κ3) is 4.28. The lowest BCUT2D eigenvalue weighted by Gasteiger charge is -2.34. The number of nitrogens with zero attached hydrogens (tertiary/aromatic N) is 3. The van der Waals surface area contributed by atoms with Crippen molar-refractivity contribution in [2.75, 3.05) is 46.4 Å². The van der Waals surface area contributed by atoms with Crippen molar-refractivity contribution in [1.82, 2.24) is 19.8 Å². The quantitative estimate of drug-likeness (QED) is 0.619. The molecule has 172 valence electrons. The number of likely N-dealkylation sites (N-methyl/N-ethyl adjacent to an activating group) is 1. The van der Waals surface area contributed by atoms with Crippen molar-refractivity contribution in [1.29, 1.82) is 0 Å². The molecule has 0 amide bonds. The van der Waals surface area contributed by atoms with Crippen LogP contribution in [0.1, 0.15) is 23.9 Å². The van der Waals surface area contributed by atoms with Gasteiger partial charge in [0.15, 0.2) is 0 Å². The number of aromatic amines is 2. The van der Waals surface area contributed by atoms with Crippen LogP contribution >= 0.6 is 0 Å². The number of ether oxygens (including phenoxy) is 1. The lowest BCUT2D eigenvalue weighted by atomic mass is 10.1. The summed E-state index contributed by atoms with van der Waals surface area (Å²) < 4.78 is 5.73. The van der Waals surface area contributed by atoms with Crippen molar-refractivity contribution in [2.24, 2.45) is 4.99 Å². The first-order valence-electron chi connectivity index (χ1n) is 11.8. The number of aryl methyl sites for hydroxylation is 2. The third-order valence-electron chi connectivity index (χ3n) is 6.80. The Morgan fingerprint density at radius 1 is 1.03 bits per heavy atom. The van der Waals surface area contributed by atoms with Crippen LogP contribution in [0.4, 0.5) is 0 Å². The van der Waals surface area contributed by atoms with Crippen LogP contribution in [0.15, 0.2) is 41.4 Å². The molecule has 6 nitrogen and oxygen atoms in total. The van der Waals surface area contributed by atoms with Crippen LogP contribution < -0.4 is 26.0 Å². The number of hydrogen-bond donors (Lipinski definition) is 2. The molecule has 0 atom stereocenters. The fraction of sp³-hybridized carbons (Fsp3) is 0.370. The Labute approximate surface area is 194 Å². The van der Waals surface area contributed by atoms with Crippen LogP contribution in [-0.4, -0.2) is 66.1 Å². The summed E-state index contributed by atoms with van der Waals surface area (Å²) in [5, 5.41) is 4.23. The van der Waals surface area contributed by atoms with E-state index in [0.717, 1.165) is 78.2 Å². The van der Waals surface area contributed by atoms with Gasteiger partial charge in [0, 0.05) is 61.0 Å². The monoisotopic (exact) mass is 443 g/mol. The first-order chi connectivity index (χ1) is 16.1. The number of H-pyrrole nitrogens is 2. The van der Waals surface area contributed by atoms with Gasteiger partial charge in [-0.2, -0.15) is 0 Å². The Morgan fingerprint density at radius 2 is 1.79 bits per heavy atom. The molecule has 0 aliphatic carbocycles. The lowest BCUT2D eigenvalue weighted by Crippen LogP contribution is -2.47. The van der Waals surface area contributed by atoms with Crippen LogP contribution in [0.2, 0.25) is 0 Å². The van der Waals surface area contributed by atoms with E-state index in [4.69, 9.17) is 9.73 Å². The van der Waals surface area contributed by atoms with Gasteiger partial charge >= 0.3 is 0 Å². The van der Waals surface area contributed by atoms with Crippen LogP contribution in [0.3, 0.4) is 0 Å². The molecule has 6 heteroatoms. The largest absolute Gasteiger partial charge is 0.494 e. The Bertz CT molecular complexity index is 1400. The molecule has 0 radical (unpaired) electrons. The highest BCUT2D eigenvalue weighted by Gasteiger charge is 2.21. The molecular formula is C27H33N5O. The van der Waals surface area contributed by atoms with E-state index >= 15 is 0 Å². The second kappa shape index (κ2) is 9.04. The number of fused-ring (bicyclic) bond motifs is 1. The average molecular weight is 444 g/mol. The number of para-hydroxylation sites is 1. The van der Waals surface area contributed by atoms with Gasteiger partial charge in [-0.1, -0.05) is 25.1 Å². The van der Waals surface area contributed by atoms with Crippen molar-refractivity contribution < 1.29 is 4.74 Å². The molecule has 4 heterocycles. The summed E-state index contributed by atoms with van der Waals surface area (Å²) >= 11 is 0. The molecule has 0 bridgehead atoms. The molecule has 2 N–H and O–H groups in total. The molecule has 0 saturated carbocycles. The molecule has 2 aliphatic rings. The molecule has 2 aromatic heterocycles. The number of hydrogen-bond acceptors (Lipinski definition) is 4. The third-order valence-corrected chi connectivity index (χ3v) is 6.80. The number of nitrogens with one attached hydrogen (secondary N) is 2. The van der Waals surface area contributed by atoms with E-state index in [1.807, 2.05) is 0 Å². The minimum atomic E-state index is 0.825. The van der Waals surface area contributed by atoms with Gasteiger partial charge in [-0.3, -0.25) is 4.90 Å². The second-order valence-electron chi connectivity index (χ2n) is 9.02. The molecule has 1 fully saturated rings. The summed E-state index contributed by atoms with van der Waals surface area (Å²) in [5.74, 6) is 0.825. The van der Waals surface area contributed by atoms with E-state index in [1.165, 1.54) is 16.4 Å². The van der Waals surface area contributed by atoms with Crippen molar-refractivity contribution in [3.63, 3.8) is 0 Å². The van der Waals surface area contributed by atoms with Crippen LogP contribution in [-0.2, 0) is 0 Å². The number of aromatic nitrogens is 2. The summed E-state index contributed by atoms with van der Waals surface area (Å²) in [6, 6.07) is 12.7. The van der Waals surface area contributed by atoms with E-state index in [2.05, 4.69) is 83.0 Å². The zero-order chi connectivity index (χ0) is 22.9. The van der Waals surface area contributed by atoms with Crippen molar-refractivity contribution >= 4 is 17.3 Å². The molecule has 1 aromatic carbocycles. The smallest absolute Gasteiger partial charge is 0.144 e. The Balaban J connectivity index is 1.60. The first kappa shape index (κ1) is 21.7. The van der Waals surface area contributed by atoms with Crippen molar-refractivity contribution in [2.45, 2.75) is 20.8 Å². The molecule has 2 aliphatic heterocycles. The highest BCUT2D eigenvalue weighted by Crippen LogP contribution is 2.17. The van der Waals surface area contributed by atoms with Gasteiger partial charge < -0.3 is 19.6 Å². The topological polar surface area (TPSA) is 59.6 Å². The zero-order valence-corrected chi connectivity index (χ0v) is 20.0. The van der Waals surface area contributed by atoms with E-state index < -0.39 is 0 Å². The Morgan fingerprint density at radius 3 is 2.48 bits per heavy atom. The van der Waals surface area contributed by atoms with Crippen LogP contribution in [0, 0.1) is 13.8 Å². The van der Waals surface area contributed by atoms with Crippen molar-refractivity contribution in [3.05, 3.63) is 74.6 Å². The van der Waals surface area contributed by atoms with Crippen molar-refractivity contribution in [3.8, 4) is 5.75 Å². The fourth-order valence-corrected chi connectivity index (χ4v) is 4.91. The molecule has 3 aromatic rings. The zero-order valence-electron chi connectivity index (χ0n) is 20.0. The lowest BCUT2D eigenvalue weighted by molar-refractivity contribution is 0.150. The predicted molar refractivity (Wildman–Crippen MR) is 133 cm³/mol. The summed E-state index contributed by atoms with van der Waals surface area (Å²) in [7, 11) is 1.72. The highest BCUT2D eigenvalue weighted by atomic mass is 16.5. The van der Waals surface area contributed by atoms with Gasteiger partial charge in [-0.05, 0) is 44.2 Å². The molecule has 0 unspecified atom stereocenters. The van der Waals surface area contributed by atoms with Crippen LogP contribution in [0.5, 0.6) is 5.75 Å². The van der Waals surface area contributed by atoms with E-state index in [-0.39, 0.29) is 0 Å². The second-order valence-corrected chi connectivity index (χ2v) is 9.02. The van der Waals surface area contributed by atoms with Crippen LogP contribution in [0.25, 0.3) is 17.3 Å². The number of benzene rings is 1. The van der Waals surface area contributed by atoms with Gasteiger partial charge in [0.05, 0.1) is 28.9 Å². The SMILES string of the molecule is CCN1CCN(CC2=c3ccccc3=NC2=c2cc(OC)/c(=C/c3[nH]c(C)cc3C)[nH]2)CC1. The van der Waals surface area contributed by atoms with Gasteiger partial charge in [-0.15, -0.1) is 0 Å². The fourth-order valence-electron chi connectivity index (χ4n) is 4.91. The number of methoxy groups -OCH3 is 1. The predicted octanol–water partition coefficient (Wildman–Crippen LogP) is 1.03. The first-order valence-corrected chi connectivity index (χ1v) is 11.8. The highest BCUT2D eigenvalue weighted by molar-refractivity contribution is 5.89. The summed E-state index contributed by atoms with van der Waals surface area (Å²) in [4.78, 5) is 17.1. The van der Waals surface area contributed by atoms with Gasteiger partial charge in [0.2, 0.25) is 0 Å². The average Bonchev–Trinajstić information content (AvgIpc) is 3.49. The molecule has 0 spiro atoms. The molecule has 5 rings (SSSR count). The van der Waals surface area contributed by atoms with Gasteiger partial charge in [0.25, 0.3) is 0 Å². The normalized spacial score (nSPS) is 19.2. The summed E-state index contributed by atoms with van der Waals surface area (Å²) in [6.45, 7) is 12.9. The minimum absolute atomic E-state index is 0.825. The molecule has 33 heavy (non-hydrogen) atoms. The minimum Gasteiger partial charge on any atom is -0.494 e. The van der Waals surface area contributed by atoms with Gasteiger partial charge in [-0.25, -0.2) is 4.99 Å². The maximum absolute atomic E-state index is 5.73. The number of piperazine rings is 1.